The zero-order valence-electron chi connectivity index (χ0n) is 19.2. The van der Waals surface area contributed by atoms with Crippen LogP contribution < -0.4 is 15.0 Å². The first-order valence-electron chi connectivity index (χ1n) is 11.3. The summed E-state index contributed by atoms with van der Waals surface area (Å²) in [6.07, 6.45) is 3.27. The van der Waals surface area contributed by atoms with Crippen molar-refractivity contribution < 1.29 is 18.7 Å². The van der Waals surface area contributed by atoms with Gasteiger partial charge in [-0.1, -0.05) is 54.1 Å². The predicted molar refractivity (Wildman–Crippen MR) is 134 cm³/mol. The molecular formula is C29H24N2O4. The lowest BCUT2D eigenvalue weighted by Gasteiger charge is -2.30. The van der Waals surface area contributed by atoms with Gasteiger partial charge in [0.1, 0.15) is 5.76 Å². The van der Waals surface area contributed by atoms with Crippen LogP contribution >= 0.6 is 0 Å². The summed E-state index contributed by atoms with van der Waals surface area (Å²) in [5.41, 5.74) is 4.20. The zero-order chi connectivity index (χ0) is 24.2. The number of hydrogen-bond acceptors (Lipinski definition) is 4. The van der Waals surface area contributed by atoms with E-state index >= 15 is 0 Å². The Bertz CT molecular complexity index is 1370. The quantitative estimate of drug-likeness (QED) is 0.383. The molecule has 6 nitrogen and oxygen atoms in total. The standard InChI is InChI=1S/C29H24N2O4/c1-20-8-10-22(11-9-20)19-31-25-6-2-3-7-26(25)35-27(29(31)33)17-21-12-14-23(15-13-21)28(32)30-18-24-5-4-16-34-24/h2-17H,18-19H2,1H3,(H,30,32). The molecule has 0 saturated heterocycles. The average molecular weight is 465 g/mol. The SMILES string of the molecule is Cc1ccc(CN2C(=O)C(=Cc3ccc(C(=O)NCc4ccco4)cc3)Oc3ccccc32)cc1. The topological polar surface area (TPSA) is 71.8 Å². The minimum Gasteiger partial charge on any atom is -0.467 e. The third-order valence-corrected chi connectivity index (χ3v) is 5.77. The minimum atomic E-state index is -0.218. The molecule has 1 aliphatic heterocycles. The number of ether oxygens (including phenoxy) is 1. The largest absolute Gasteiger partial charge is 0.467 e. The highest BCUT2D eigenvalue weighted by molar-refractivity contribution is 6.09. The number of carbonyl (C=O) groups excluding carboxylic acids is 2. The minimum absolute atomic E-state index is 0.205. The molecule has 0 atom stereocenters. The van der Waals surface area contributed by atoms with Gasteiger partial charge in [0.05, 0.1) is 25.0 Å². The molecule has 2 heterocycles. The van der Waals surface area contributed by atoms with E-state index in [1.807, 2.05) is 55.5 Å². The summed E-state index contributed by atoms with van der Waals surface area (Å²) in [5, 5.41) is 2.82. The summed E-state index contributed by atoms with van der Waals surface area (Å²) in [4.78, 5) is 27.5. The number of hydrogen-bond donors (Lipinski definition) is 1. The number of furan rings is 1. The normalized spacial score (nSPS) is 13.9. The fourth-order valence-corrected chi connectivity index (χ4v) is 3.86. The molecule has 0 saturated carbocycles. The Labute approximate surface area is 203 Å². The van der Waals surface area contributed by atoms with E-state index < -0.39 is 0 Å². The van der Waals surface area contributed by atoms with Gasteiger partial charge in [-0.3, -0.25) is 14.5 Å². The first-order chi connectivity index (χ1) is 17.1. The number of anilines is 1. The third-order valence-electron chi connectivity index (χ3n) is 5.77. The highest BCUT2D eigenvalue weighted by Crippen LogP contribution is 2.36. The number of benzene rings is 3. The Balaban J connectivity index is 1.35. The molecule has 0 spiro atoms. The molecule has 2 amide bonds. The summed E-state index contributed by atoms with van der Waals surface area (Å²) in [6.45, 7) is 2.79. The van der Waals surface area contributed by atoms with Crippen LogP contribution in [-0.2, 0) is 17.9 Å². The second-order valence-corrected chi connectivity index (χ2v) is 8.34. The number of carbonyl (C=O) groups is 2. The maximum Gasteiger partial charge on any atom is 0.294 e. The Morgan fingerprint density at radius 2 is 1.71 bits per heavy atom. The molecule has 1 aromatic heterocycles. The first kappa shape index (κ1) is 22.2. The van der Waals surface area contributed by atoms with Gasteiger partial charge in [-0.15, -0.1) is 0 Å². The molecule has 0 unspecified atom stereocenters. The van der Waals surface area contributed by atoms with E-state index in [-0.39, 0.29) is 17.6 Å². The summed E-state index contributed by atoms with van der Waals surface area (Å²) in [6, 6.07) is 26.2. The smallest absolute Gasteiger partial charge is 0.294 e. The molecule has 1 aliphatic rings. The van der Waals surface area contributed by atoms with Gasteiger partial charge in [0.25, 0.3) is 11.8 Å². The van der Waals surface area contributed by atoms with Crippen LogP contribution in [0.3, 0.4) is 0 Å². The van der Waals surface area contributed by atoms with Gasteiger partial charge in [-0.2, -0.15) is 0 Å². The Hall–Kier alpha value is -4.58. The van der Waals surface area contributed by atoms with E-state index in [2.05, 4.69) is 5.32 Å². The molecule has 0 aliphatic carbocycles. The van der Waals surface area contributed by atoms with Crippen LogP contribution in [0.2, 0.25) is 0 Å². The Morgan fingerprint density at radius 1 is 0.943 bits per heavy atom. The molecule has 3 aromatic carbocycles. The zero-order valence-corrected chi connectivity index (χ0v) is 19.2. The van der Waals surface area contributed by atoms with Gasteiger partial charge in [-0.25, -0.2) is 0 Å². The lowest BCUT2D eigenvalue weighted by Crippen LogP contribution is -2.36. The molecule has 174 valence electrons. The summed E-state index contributed by atoms with van der Waals surface area (Å²) < 4.78 is 11.2. The molecule has 6 heteroatoms. The number of aryl methyl sites for hydroxylation is 1. The maximum absolute atomic E-state index is 13.4. The van der Waals surface area contributed by atoms with E-state index in [9.17, 15) is 9.59 Å². The van der Waals surface area contributed by atoms with Crippen LogP contribution in [0.5, 0.6) is 5.75 Å². The number of para-hydroxylation sites is 2. The van der Waals surface area contributed by atoms with Crippen molar-refractivity contribution in [3.63, 3.8) is 0 Å². The van der Waals surface area contributed by atoms with Crippen molar-refractivity contribution in [3.05, 3.63) is 125 Å². The van der Waals surface area contributed by atoms with Crippen LogP contribution in [-0.4, -0.2) is 11.8 Å². The molecule has 35 heavy (non-hydrogen) atoms. The van der Waals surface area contributed by atoms with Crippen LogP contribution in [0.15, 0.2) is 101 Å². The lowest BCUT2D eigenvalue weighted by atomic mass is 10.1. The molecule has 0 radical (unpaired) electrons. The van der Waals surface area contributed by atoms with Crippen molar-refractivity contribution in [1.29, 1.82) is 0 Å². The molecule has 0 bridgehead atoms. The van der Waals surface area contributed by atoms with E-state index in [4.69, 9.17) is 9.15 Å². The highest BCUT2D eigenvalue weighted by atomic mass is 16.5. The number of fused-ring (bicyclic) bond motifs is 1. The molecule has 1 N–H and O–H groups in total. The van der Waals surface area contributed by atoms with E-state index in [0.29, 0.717) is 30.2 Å². The summed E-state index contributed by atoms with van der Waals surface area (Å²) in [5.74, 6) is 1.11. The van der Waals surface area contributed by atoms with Crippen molar-refractivity contribution in [1.82, 2.24) is 5.32 Å². The second kappa shape index (κ2) is 9.73. The number of amides is 2. The predicted octanol–water partition coefficient (Wildman–Crippen LogP) is 5.48. The molecule has 0 fully saturated rings. The second-order valence-electron chi connectivity index (χ2n) is 8.34. The van der Waals surface area contributed by atoms with Crippen molar-refractivity contribution in [2.75, 3.05) is 4.90 Å². The Kier molecular flexibility index (Phi) is 6.18. The van der Waals surface area contributed by atoms with Gasteiger partial charge in [0.15, 0.2) is 11.5 Å². The fraction of sp³-hybridized carbons (Fsp3) is 0.103. The van der Waals surface area contributed by atoms with E-state index in [0.717, 1.165) is 16.8 Å². The van der Waals surface area contributed by atoms with Gasteiger partial charge in [0, 0.05) is 5.56 Å². The maximum atomic E-state index is 13.4. The monoisotopic (exact) mass is 464 g/mol. The van der Waals surface area contributed by atoms with Crippen LogP contribution in [0.1, 0.15) is 32.8 Å². The molecule has 5 rings (SSSR count). The van der Waals surface area contributed by atoms with Crippen LogP contribution in [0, 0.1) is 6.92 Å². The Morgan fingerprint density at radius 3 is 2.46 bits per heavy atom. The molecular weight excluding hydrogens is 440 g/mol. The van der Waals surface area contributed by atoms with Crippen molar-refractivity contribution in [3.8, 4) is 5.75 Å². The van der Waals surface area contributed by atoms with Crippen LogP contribution in [0.25, 0.3) is 6.08 Å². The third kappa shape index (κ3) is 5.01. The van der Waals surface area contributed by atoms with Gasteiger partial charge >= 0.3 is 0 Å². The van der Waals surface area contributed by atoms with Crippen LogP contribution in [0.4, 0.5) is 5.69 Å². The van der Waals surface area contributed by atoms with Gasteiger partial charge < -0.3 is 14.5 Å². The summed E-state index contributed by atoms with van der Waals surface area (Å²) >= 11 is 0. The van der Waals surface area contributed by atoms with Crippen molar-refractivity contribution in [2.24, 2.45) is 0 Å². The van der Waals surface area contributed by atoms with Gasteiger partial charge in [0.2, 0.25) is 0 Å². The summed E-state index contributed by atoms with van der Waals surface area (Å²) in [7, 11) is 0. The van der Waals surface area contributed by atoms with Crippen molar-refractivity contribution >= 4 is 23.6 Å². The first-order valence-corrected chi connectivity index (χ1v) is 11.3. The average Bonchev–Trinajstić information content (AvgIpc) is 3.40. The van der Waals surface area contributed by atoms with E-state index in [1.54, 1.807) is 53.6 Å². The number of rotatable bonds is 6. The van der Waals surface area contributed by atoms with Gasteiger partial charge in [-0.05, 0) is 60.5 Å². The fourth-order valence-electron chi connectivity index (χ4n) is 3.86. The number of nitrogens with zero attached hydrogens (tertiary/aromatic N) is 1. The lowest BCUT2D eigenvalue weighted by molar-refractivity contribution is -0.117. The highest BCUT2D eigenvalue weighted by Gasteiger charge is 2.30. The number of nitrogens with one attached hydrogen (secondary N) is 1. The molecule has 4 aromatic rings. The van der Waals surface area contributed by atoms with E-state index in [1.165, 1.54) is 5.56 Å². The van der Waals surface area contributed by atoms with Crippen molar-refractivity contribution in [2.45, 2.75) is 20.0 Å².